The van der Waals surface area contributed by atoms with Crippen LogP contribution < -0.4 is 5.11 Å². The fraction of sp³-hybridized carbons (Fsp3) is 0.167. The maximum Gasteiger partial charge on any atom is 0.417 e. The summed E-state index contributed by atoms with van der Waals surface area (Å²) in [4.78, 5) is 11.8. The number of hydrogen-bond donors (Lipinski definition) is 0. The second kappa shape index (κ2) is 3.13. The van der Waals surface area contributed by atoms with E-state index in [9.17, 15) is 28.4 Å². The van der Waals surface area contributed by atoms with Crippen molar-refractivity contribution in [3.05, 3.63) is 27.9 Å². The van der Waals surface area contributed by atoms with Crippen LogP contribution in [0.15, 0.2) is 12.3 Å². The Balaban J connectivity index is 3.29. The molecule has 0 saturated heterocycles. The summed E-state index contributed by atoms with van der Waals surface area (Å²) < 4.78 is 36.1. The summed E-state index contributed by atoms with van der Waals surface area (Å²) in [5.74, 6) is -1.52. The van der Waals surface area contributed by atoms with E-state index in [1.165, 1.54) is 0 Å². The van der Waals surface area contributed by atoms with E-state index in [1.54, 1.807) is 0 Å². The zero-order chi connectivity index (χ0) is 10.9. The minimum Gasteiger partial charge on any atom is -0.858 e. The molecule has 0 aromatic carbocycles. The van der Waals surface area contributed by atoms with Crippen LogP contribution in [0.2, 0.25) is 0 Å². The van der Waals surface area contributed by atoms with Gasteiger partial charge in [0.2, 0.25) is 0 Å². The van der Waals surface area contributed by atoms with Gasteiger partial charge in [-0.1, -0.05) is 0 Å². The first-order valence-electron chi connectivity index (χ1n) is 3.21. The number of halogens is 3. The van der Waals surface area contributed by atoms with Gasteiger partial charge < -0.3 is 5.11 Å². The topological polar surface area (TPSA) is 79.1 Å². The SMILES string of the molecule is O=[N+]([O-])c1cnc([O-])c(C(F)(F)F)c1. The van der Waals surface area contributed by atoms with Gasteiger partial charge in [0.15, 0.2) is 0 Å². The molecule has 5 nitrogen and oxygen atoms in total. The van der Waals surface area contributed by atoms with Gasteiger partial charge in [0, 0.05) is 6.07 Å². The highest BCUT2D eigenvalue weighted by Crippen LogP contribution is 2.34. The third-order valence-electron chi connectivity index (χ3n) is 1.35. The van der Waals surface area contributed by atoms with Crippen molar-refractivity contribution >= 4 is 5.69 Å². The lowest BCUT2D eigenvalue weighted by Crippen LogP contribution is -2.11. The standard InChI is InChI=1S/C6H3F3N2O3/c7-6(8,9)4-1-3(11(13)14)2-10-5(4)12/h1-2H,(H,10,12)/p-1. The van der Waals surface area contributed by atoms with Gasteiger partial charge in [-0.05, 0) is 5.88 Å². The third kappa shape index (κ3) is 1.90. The smallest absolute Gasteiger partial charge is 0.417 e. The van der Waals surface area contributed by atoms with Gasteiger partial charge in [0.05, 0.1) is 10.5 Å². The van der Waals surface area contributed by atoms with E-state index in [1.807, 2.05) is 0 Å². The molecule has 1 rings (SSSR count). The lowest BCUT2D eigenvalue weighted by molar-refractivity contribution is -0.385. The second-order valence-electron chi connectivity index (χ2n) is 2.30. The monoisotopic (exact) mass is 207 g/mol. The zero-order valence-electron chi connectivity index (χ0n) is 6.41. The van der Waals surface area contributed by atoms with Gasteiger partial charge in [0.25, 0.3) is 5.69 Å². The molecule has 1 aromatic rings. The highest BCUT2D eigenvalue weighted by Gasteiger charge is 2.33. The van der Waals surface area contributed by atoms with Crippen LogP contribution in [0.4, 0.5) is 18.9 Å². The molecule has 1 aromatic heterocycles. The zero-order valence-corrected chi connectivity index (χ0v) is 6.41. The van der Waals surface area contributed by atoms with Crippen LogP contribution in [-0.2, 0) is 6.18 Å². The molecule has 8 heteroatoms. The highest BCUT2D eigenvalue weighted by atomic mass is 19.4. The van der Waals surface area contributed by atoms with E-state index in [-0.39, 0.29) is 6.07 Å². The molecule has 0 saturated carbocycles. The van der Waals surface area contributed by atoms with Crippen molar-refractivity contribution < 1.29 is 23.2 Å². The Morgan fingerprint density at radius 1 is 1.43 bits per heavy atom. The second-order valence-corrected chi connectivity index (χ2v) is 2.30. The van der Waals surface area contributed by atoms with E-state index < -0.39 is 28.2 Å². The molecule has 0 amide bonds. The van der Waals surface area contributed by atoms with Crippen molar-refractivity contribution in [3.8, 4) is 5.88 Å². The molecule has 0 fully saturated rings. The summed E-state index contributed by atoms with van der Waals surface area (Å²) in [5, 5.41) is 20.7. The minimum atomic E-state index is -4.92. The molecular formula is C6H2F3N2O3-. The molecule has 14 heavy (non-hydrogen) atoms. The molecule has 0 bridgehead atoms. The summed E-state index contributed by atoms with van der Waals surface area (Å²) in [7, 11) is 0. The van der Waals surface area contributed by atoms with Crippen LogP contribution in [0.1, 0.15) is 5.56 Å². The van der Waals surface area contributed by atoms with Crippen molar-refractivity contribution in [1.82, 2.24) is 4.98 Å². The van der Waals surface area contributed by atoms with E-state index in [2.05, 4.69) is 4.98 Å². The van der Waals surface area contributed by atoms with Crippen LogP contribution >= 0.6 is 0 Å². The third-order valence-corrected chi connectivity index (χ3v) is 1.35. The largest absolute Gasteiger partial charge is 0.858 e. The lowest BCUT2D eigenvalue weighted by Gasteiger charge is -2.13. The molecule has 0 aliphatic carbocycles. The molecule has 0 aliphatic heterocycles. The number of pyridine rings is 1. The van der Waals surface area contributed by atoms with Gasteiger partial charge in [-0.3, -0.25) is 15.1 Å². The van der Waals surface area contributed by atoms with Crippen molar-refractivity contribution in [2.75, 3.05) is 0 Å². The summed E-state index contributed by atoms with van der Waals surface area (Å²) >= 11 is 0. The Morgan fingerprint density at radius 2 is 2.00 bits per heavy atom. The molecule has 0 spiro atoms. The molecule has 0 aliphatic rings. The predicted octanol–water partition coefficient (Wildman–Crippen LogP) is 1.08. The maximum atomic E-state index is 12.0. The van der Waals surface area contributed by atoms with Crippen LogP contribution in [0, 0.1) is 10.1 Å². The molecule has 0 radical (unpaired) electrons. The Bertz CT molecular complexity index is 377. The van der Waals surface area contributed by atoms with Crippen molar-refractivity contribution in [3.63, 3.8) is 0 Å². The quantitative estimate of drug-likeness (QED) is 0.509. The summed E-state index contributed by atoms with van der Waals surface area (Å²) in [6.07, 6.45) is -4.44. The van der Waals surface area contributed by atoms with E-state index in [0.717, 1.165) is 0 Å². The van der Waals surface area contributed by atoms with E-state index in [0.29, 0.717) is 6.20 Å². The van der Waals surface area contributed by atoms with Crippen molar-refractivity contribution in [1.29, 1.82) is 0 Å². The van der Waals surface area contributed by atoms with Gasteiger partial charge in [-0.2, -0.15) is 13.2 Å². The Morgan fingerprint density at radius 3 is 2.43 bits per heavy atom. The summed E-state index contributed by atoms with van der Waals surface area (Å²) in [6.45, 7) is 0. The van der Waals surface area contributed by atoms with Crippen LogP contribution in [-0.4, -0.2) is 9.91 Å². The number of nitro groups is 1. The van der Waals surface area contributed by atoms with Crippen molar-refractivity contribution in [2.45, 2.75) is 6.18 Å². The molecule has 0 unspecified atom stereocenters. The van der Waals surface area contributed by atoms with Crippen LogP contribution in [0.3, 0.4) is 0 Å². The average Bonchev–Trinajstić information content (AvgIpc) is 2.02. The lowest BCUT2D eigenvalue weighted by atomic mass is 10.2. The van der Waals surface area contributed by atoms with E-state index >= 15 is 0 Å². The highest BCUT2D eigenvalue weighted by molar-refractivity contribution is 5.37. The Hall–Kier alpha value is -1.86. The summed E-state index contributed by atoms with van der Waals surface area (Å²) in [5.41, 5.74) is -2.50. The van der Waals surface area contributed by atoms with Gasteiger partial charge >= 0.3 is 6.18 Å². The Labute approximate surface area is 75.0 Å². The molecular weight excluding hydrogens is 205 g/mol. The summed E-state index contributed by atoms with van der Waals surface area (Å²) in [6, 6.07) is 0.162. The first-order chi connectivity index (χ1) is 6.32. The number of rotatable bonds is 1. The number of aromatic nitrogens is 1. The van der Waals surface area contributed by atoms with Crippen molar-refractivity contribution in [2.24, 2.45) is 0 Å². The number of nitrogens with zero attached hydrogens (tertiary/aromatic N) is 2. The predicted molar refractivity (Wildman–Crippen MR) is 35.3 cm³/mol. The average molecular weight is 207 g/mol. The minimum absolute atomic E-state index is 0.162. The first-order valence-corrected chi connectivity index (χ1v) is 3.21. The molecule has 0 N–H and O–H groups in total. The van der Waals surface area contributed by atoms with Gasteiger partial charge in [-0.25, -0.2) is 0 Å². The number of hydrogen-bond acceptors (Lipinski definition) is 4. The number of alkyl halides is 3. The van der Waals surface area contributed by atoms with Crippen LogP contribution in [0.25, 0.3) is 0 Å². The first kappa shape index (κ1) is 10.2. The fourth-order valence-corrected chi connectivity index (χ4v) is 0.744. The van der Waals surface area contributed by atoms with E-state index in [4.69, 9.17) is 0 Å². The van der Waals surface area contributed by atoms with Crippen LogP contribution in [0.5, 0.6) is 5.88 Å². The molecule has 0 atom stereocenters. The van der Waals surface area contributed by atoms with Gasteiger partial charge in [0.1, 0.15) is 6.20 Å². The normalized spacial score (nSPS) is 11.4. The Kier molecular flexibility index (Phi) is 2.28. The maximum absolute atomic E-state index is 12.0. The fourth-order valence-electron chi connectivity index (χ4n) is 0.744. The van der Waals surface area contributed by atoms with Gasteiger partial charge in [-0.15, -0.1) is 0 Å². The molecule has 76 valence electrons. The molecule has 1 heterocycles.